The van der Waals surface area contributed by atoms with Crippen molar-refractivity contribution in [3.05, 3.63) is 26.2 Å². The smallest absolute Gasteiger partial charge is 0.268 e. The van der Waals surface area contributed by atoms with E-state index in [1.165, 1.54) is 6.07 Å². The third kappa shape index (κ3) is 3.98. The molecule has 0 bridgehead atoms. The topological polar surface area (TPSA) is 64.0 Å². The molecular formula is C9H12IN3O2. The monoisotopic (exact) mass is 321 g/mol. The first kappa shape index (κ1) is 12.2. The highest BCUT2D eigenvalue weighted by molar-refractivity contribution is 14.1. The minimum absolute atomic E-state index is 0.0338. The Balaban J connectivity index is 2.73. The van der Waals surface area contributed by atoms with Gasteiger partial charge in [-0.3, -0.25) is 9.59 Å². The van der Waals surface area contributed by atoms with Crippen LogP contribution in [0.1, 0.15) is 13.8 Å². The number of nitrogens with zero attached hydrogens (tertiary/aromatic N) is 2. The van der Waals surface area contributed by atoms with E-state index in [1.54, 1.807) is 6.20 Å². The maximum Gasteiger partial charge on any atom is 0.268 e. The van der Waals surface area contributed by atoms with Crippen LogP contribution in [0, 0.1) is 3.57 Å². The van der Waals surface area contributed by atoms with Crippen molar-refractivity contribution < 1.29 is 4.79 Å². The molecule has 15 heavy (non-hydrogen) atoms. The van der Waals surface area contributed by atoms with Crippen molar-refractivity contribution in [1.29, 1.82) is 0 Å². The third-order valence-corrected chi connectivity index (χ3v) is 2.17. The largest absolute Gasteiger partial charge is 0.352 e. The van der Waals surface area contributed by atoms with Crippen molar-refractivity contribution >= 4 is 28.5 Å². The minimum atomic E-state index is -0.263. The average Bonchev–Trinajstić information content (AvgIpc) is 2.08. The van der Waals surface area contributed by atoms with Gasteiger partial charge in [0.2, 0.25) is 5.91 Å². The molecule has 0 aliphatic carbocycles. The van der Waals surface area contributed by atoms with Gasteiger partial charge in [0.25, 0.3) is 5.56 Å². The van der Waals surface area contributed by atoms with Crippen molar-refractivity contribution in [2.75, 3.05) is 0 Å². The zero-order valence-electron chi connectivity index (χ0n) is 8.53. The molecule has 1 aromatic heterocycles. The maximum absolute atomic E-state index is 11.4. The zero-order chi connectivity index (χ0) is 11.4. The van der Waals surface area contributed by atoms with Crippen LogP contribution in [0.3, 0.4) is 0 Å². The fraction of sp³-hybridized carbons (Fsp3) is 0.444. The van der Waals surface area contributed by atoms with Crippen LogP contribution >= 0.6 is 22.6 Å². The summed E-state index contributed by atoms with van der Waals surface area (Å²) in [6, 6.07) is 1.51. The summed E-state index contributed by atoms with van der Waals surface area (Å²) in [4.78, 5) is 22.7. The van der Waals surface area contributed by atoms with Crippen LogP contribution in [-0.4, -0.2) is 21.7 Å². The number of halogens is 1. The molecule has 5 nitrogen and oxygen atoms in total. The normalized spacial score (nSPS) is 10.4. The molecule has 1 N–H and O–H groups in total. The predicted octanol–water partition coefficient (Wildman–Crippen LogP) is 0.372. The van der Waals surface area contributed by atoms with E-state index < -0.39 is 0 Å². The number of nitrogens with one attached hydrogen (secondary N) is 1. The van der Waals surface area contributed by atoms with Gasteiger partial charge in [-0.2, -0.15) is 5.10 Å². The number of rotatable bonds is 3. The van der Waals surface area contributed by atoms with E-state index in [1.807, 2.05) is 36.4 Å². The van der Waals surface area contributed by atoms with Gasteiger partial charge in [0, 0.05) is 15.7 Å². The van der Waals surface area contributed by atoms with E-state index in [-0.39, 0.29) is 24.1 Å². The summed E-state index contributed by atoms with van der Waals surface area (Å²) in [5.74, 6) is -0.208. The standard InChI is InChI=1S/C9H12IN3O2/c1-6(2)12-8(14)5-13-9(15)3-7(10)4-11-13/h3-4,6H,5H2,1-2H3,(H,12,14). The lowest BCUT2D eigenvalue weighted by Crippen LogP contribution is -2.36. The number of carbonyl (C=O) groups is 1. The number of aromatic nitrogens is 2. The maximum atomic E-state index is 11.4. The van der Waals surface area contributed by atoms with Crippen molar-refractivity contribution in [1.82, 2.24) is 15.1 Å². The lowest BCUT2D eigenvalue weighted by molar-refractivity contribution is -0.122. The Kier molecular flexibility index (Phi) is 4.25. The van der Waals surface area contributed by atoms with Crippen LogP contribution in [-0.2, 0) is 11.3 Å². The lowest BCUT2D eigenvalue weighted by Gasteiger charge is -2.08. The number of hydrogen-bond acceptors (Lipinski definition) is 3. The SMILES string of the molecule is CC(C)NC(=O)Cn1ncc(I)cc1=O. The number of hydrogen-bond donors (Lipinski definition) is 1. The van der Waals surface area contributed by atoms with Crippen LogP contribution in [0.15, 0.2) is 17.1 Å². The van der Waals surface area contributed by atoms with Crippen molar-refractivity contribution in [3.63, 3.8) is 0 Å². The number of amides is 1. The van der Waals surface area contributed by atoms with E-state index in [9.17, 15) is 9.59 Å². The van der Waals surface area contributed by atoms with Gasteiger partial charge in [-0.25, -0.2) is 4.68 Å². The third-order valence-electron chi connectivity index (χ3n) is 1.58. The highest BCUT2D eigenvalue weighted by Crippen LogP contribution is 1.95. The second-order valence-electron chi connectivity index (χ2n) is 3.39. The Morgan fingerprint density at radius 2 is 2.33 bits per heavy atom. The molecule has 0 unspecified atom stereocenters. The summed E-state index contributed by atoms with van der Waals surface area (Å²) in [5, 5.41) is 6.55. The fourth-order valence-corrected chi connectivity index (χ4v) is 1.42. The van der Waals surface area contributed by atoms with E-state index >= 15 is 0 Å². The highest BCUT2D eigenvalue weighted by Gasteiger charge is 2.06. The quantitative estimate of drug-likeness (QED) is 0.819. The zero-order valence-corrected chi connectivity index (χ0v) is 10.7. The summed E-state index contributed by atoms with van der Waals surface area (Å²) in [5.41, 5.74) is -0.263. The van der Waals surface area contributed by atoms with Crippen LogP contribution in [0.5, 0.6) is 0 Å². The molecule has 0 aromatic carbocycles. The molecule has 6 heteroatoms. The van der Waals surface area contributed by atoms with Gasteiger partial charge in [-0.1, -0.05) is 0 Å². The molecule has 0 fully saturated rings. The lowest BCUT2D eigenvalue weighted by atomic mass is 10.4. The average molecular weight is 321 g/mol. The summed E-state index contributed by atoms with van der Waals surface area (Å²) in [6.45, 7) is 3.69. The molecule has 0 saturated heterocycles. The van der Waals surface area contributed by atoms with Crippen LogP contribution in [0.25, 0.3) is 0 Å². The summed E-state index contributed by atoms with van der Waals surface area (Å²) in [6.07, 6.45) is 1.55. The Bertz CT molecular complexity index is 414. The highest BCUT2D eigenvalue weighted by atomic mass is 127. The van der Waals surface area contributed by atoms with Gasteiger partial charge in [-0.15, -0.1) is 0 Å². The Morgan fingerprint density at radius 1 is 1.67 bits per heavy atom. The molecule has 0 spiro atoms. The first-order valence-corrected chi connectivity index (χ1v) is 5.59. The molecule has 0 atom stereocenters. The molecule has 1 aromatic rings. The van der Waals surface area contributed by atoms with Gasteiger partial charge in [0.1, 0.15) is 6.54 Å². The first-order valence-electron chi connectivity index (χ1n) is 4.51. The van der Waals surface area contributed by atoms with E-state index in [2.05, 4.69) is 10.4 Å². The molecular weight excluding hydrogens is 309 g/mol. The molecule has 0 radical (unpaired) electrons. The molecule has 0 aliphatic heterocycles. The summed E-state index contributed by atoms with van der Waals surface area (Å²) < 4.78 is 1.90. The first-order chi connectivity index (χ1) is 6.99. The van der Waals surface area contributed by atoms with Gasteiger partial charge >= 0.3 is 0 Å². The van der Waals surface area contributed by atoms with Gasteiger partial charge < -0.3 is 5.32 Å². The van der Waals surface area contributed by atoms with E-state index in [0.717, 1.165) is 8.25 Å². The van der Waals surface area contributed by atoms with Crippen LogP contribution < -0.4 is 10.9 Å². The fourth-order valence-electron chi connectivity index (χ4n) is 1.03. The van der Waals surface area contributed by atoms with Gasteiger partial charge in [-0.05, 0) is 36.4 Å². The van der Waals surface area contributed by atoms with E-state index in [4.69, 9.17) is 0 Å². The molecule has 1 heterocycles. The van der Waals surface area contributed by atoms with Crippen LogP contribution in [0.4, 0.5) is 0 Å². The van der Waals surface area contributed by atoms with Crippen molar-refractivity contribution in [3.8, 4) is 0 Å². The van der Waals surface area contributed by atoms with Crippen molar-refractivity contribution in [2.24, 2.45) is 0 Å². The predicted molar refractivity (Wildman–Crippen MR) is 64.5 cm³/mol. The Morgan fingerprint density at radius 3 is 2.87 bits per heavy atom. The van der Waals surface area contributed by atoms with Crippen molar-refractivity contribution in [2.45, 2.75) is 26.4 Å². The summed E-state index contributed by atoms with van der Waals surface area (Å²) >= 11 is 2.00. The second kappa shape index (κ2) is 5.24. The minimum Gasteiger partial charge on any atom is -0.352 e. The molecule has 0 aliphatic rings. The Hall–Kier alpha value is -0.920. The van der Waals surface area contributed by atoms with Gasteiger partial charge in [0.15, 0.2) is 0 Å². The van der Waals surface area contributed by atoms with Crippen LogP contribution in [0.2, 0.25) is 0 Å². The van der Waals surface area contributed by atoms with E-state index in [0.29, 0.717) is 0 Å². The molecule has 0 saturated carbocycles. The Labute approximate surface area is 101 Å². The summed E-state index contributed by atoms with van der Waals surface area (Å²) in [7, 11) is 0. The number of carbonyl (C=O) groups excluding carboxylic acids is 1. The second-order valence-corrected chi connectivity index (χ2v) is 4.64. The molecule has 82 valence electrons. The molecule has 1 amide bonds. The molecule has 1 rings (SSSR count). The van der Waals surface area contributed by atoms with Gasteiger partial charge in [0.05, 0.1) is 6.20 Å².